The summed E-state index contributed by atoms with van der Waals surface area (Å²) >= 11 is 0. The van der Waals surface area contributed by atoms with Gasteiger partial charge >= 0.3 is 0 Å². The van der Waals surface area contributed by atoms with Gasteiger partial charge in [-0.2, -0.15) is 0 Å². The number of hydrogen-bond acceptors (Lipinski definition) is 9. The largest absolute Gasteiger partial charge is 0.394 e. The van der Waals surface area contributed by atoms with E-state index < -0.39 is 61.2 Å². The van der Waals surface area contributed by atoms with Gasteiger partial charge in [0.05, 0.1) is 25.2 Å². The van der Waals surface area contributed by atoms with Crippen molar-refractivity contribution in [1.29, 1.82) is 0 Å². The van der Waals surface area contributed by atoms with Gasteiger partial charge in [0.1, 0.15) is 30.5 Å². The van der Waals surface area contributed by atoms with Gasteiger partial charge in [0.2, 0.25) is 0 Å². The van der Waals surface area contributed by atoms with Crippen LogP contribution in [0.1, 0.15) is 162 Å². The lowest BCUT2D eigenvalue weighted by molar-refractivity contribution is -0.303. The zero-order valence-electron chi connectivity index (χ0n) is 29.9. The molecule has 1 rings (SSSR count). The molecule has 0 aromatic rings. The number of Topliss-reactive ketones (excluding diaryl/α,β-unsaturated/α-hetero) is 1. The normalized spacial score (nSPS) is 23.7. The van der Waals surface area contributed by atoms with E-state index in [1.54, 1.807) is 6.08 Å². The van der Waals surface area contributed by atoms with Crippen LogP contribution in [0, 0.1) is 5.92 Å². The standard InChI is InChI=1S/C38H72O9/c1-3-5-7-9-11-13-15-17-18-20-22-24-26-31(40)30(29-46-38-37(45)36(44)35(43)33(28-39)47-38)34(42)32(41)27-25-23-21-19-16-14-12-10-8-6-4-2/h24,26,30-33,35-41,43-45H,3-23,25,27-29H2,1-2H3/b26-24+/t30-,31+,32+,33+,35-,36-,37+,38+/m0/s1. The van der Waals surface area contributed by atoms with Gasteiger partial charge in [-0.25, -0.2) is 0 Å². The summed E-state index contributed by atoms with van der Waals surface area (Å²) in [6.07, 6.45) is 19.8. The van der Waals surface area contributed by atoms with Crippen molar-refractivity contribution in [2.45, 2.75) is 204 Å². The third-order valence-electron chi connectivity index (χ3n) is 9.53. The zero-order valence-corrected chi connectivity index (χ0v) is 29.9. The number of aliphatic hydroxyl groups is 6. The molecule has 0 spiro atoms. The highest BCUT2D eigenvalue weighted by Gasteiger charge is 2.44. The quantitative estimate of drug-likeness (QED) is 0.0369. The molecular weight excluding hydrogens is 600 g/mol. The molecule has 1 aliphatic rings. The molecule has 47 heavy (non-hydrogen) atoms. The Labute approximate surface area is 286 Å². The number of rotatable bonds is 31. The Balaban J connectivity index is 2.57. The van der Waals surface area contributed by atoms with Gasteiger partial charge in [-0.3, -0.25) is 4.79 Å². The van der Waals surface area contributed by atoms with Crippen molar-refractivity contribution in [1.82, 2.24) is 0 Å². The Morgan fingerprint density at radius 1 is 0.681 bits per heavy atom. The van der Waals surface area contributed by atoms with Crippen LogP contribution in [0.4, 0.5) is 0 Å². The molecule has 0 aliphatic carbocycles. The minimum atomic E-state index is -1.62. The minimum absolute atomic E-state index is 0.293. The van der Waals surface area contributed by atoms with E-state index in [0.29, 0.717) is 12.8 Å². The lowest BCUT2D eigenvalue weighted by Crippen LogP contribution is -2.59. The molecule has 0 bridgehead atoms. The van der Waals surface area contributed by atoms with Crippen LogP contribution in [0.15, 0.2) is 12.2 Å². The predicted molar refractivity (Wildman–Crippen MR) is 187 cm³/mol. The van der Waals surface area contributed by atoms with Crippen molar-refractivity contribution in [3.05, 3.63) is 12.2 Å². The monoisotopic (exact) mass is 673 g/mol. The van der Waals surface area contributed by atoms with E-state index in [-0.39, 0.29) is 6.61 Å². The Morgan fingerprint density at radius 3 is 1.64 bits per heavy atom. The van der Waals surface area contributed by atoms with Crippen LogP contribution in [0.25, 0.3) is 0 Å². The molecule has 1 heterocycles. The van der Waals surface area contributed by atoms with Gasteiger partial charge < -0.3 is 40.1 Å². The van der Waals surface area contributed by atoms with Crippen LogP contribution >= 0.6 is 0 Å². The highest BCUT2D eigenvalue weighted by Crippen LogP contribution is 2.24. The highest BCUT2D eigenvalue weighted by atomic mass is 16.7. The fraction of sp³-hybridized carbons (Fsp3) is 0.921. The zero-order chi connectivity index (χ0) is 34.7. The molecule has 0 unspecified atom stereocenters. The summed E-state index contributed by atoms with van der Waals surface area (Å²) in [6, 6.07) is 0. The van der Waals surface area contributed by atoms with Gasteiger partial charge in [-0.05, 0) is 19.3 Å². The molecule has 9 heteroatoms. The summed E-state index contributed by atoms with van der Waals surface area (Å²) in [4.78, 5) is 13.4. The van der Waals surface area contributed by atoms with Gasteiger partial charge in [-0.1, -0.05) is 154 Å². The molecular formula is C38H72O9. The van der Waals surface area contributed by atoms with Crippen molar-refractivity contribution >= 4 is 5.78 Å². The minimum Gasteiger partial charge on any atom is -0.394 e. The molecule has 0 aromatic carbocycles. The summed E-state index contributed by atoms with van der Waals surface area (Å²) in [7, 11) is 0. The SMILES string of the molecule is CCCCCCCCCCCC/C=C/[C@@H](O)[C@H](CO[C@@H]1O[C@H](CO)[C@H](O)[C@H](O)[C@H]1O)C(=O)[C@H](O)CCCCCCCCCCCCC. The third kappa shape index (κ3) is 19.8. The fourth-order valence-corrected chi connectivity index (χ4v) is 6.26. The Hall–Kier alpha value is -0.910. The van der Waals surface area contributed by atoms with Crippen molar-refractivity contribution < 1.29 is 44.9 Å². The van der Waals surface area contributed by atoms with Crippen molar-refractivity contribution in [2.75, 3.05) is 13.2 Å². The number of aliphatic hydroxyl groups excluding tert-OH is 6. The van der Waals surface area contributed by atoms with Crippen LogP contribution in [-0.4, -0.2) is 92.5 Å². The molecule has 0 saturated carbocycles. The maximum absolute atomic E-state index is 13.4. The van der Waals surface area contributed by atoms with E-state index in [2.05, 4.69) is 13.8 Å². The first kappa shape index (κ1) is 44.1. The topological polar surface area (TPSA) is 157 Å². The lowest BCUT2D eigenvalue weighted by Gasteiger charge is -2.40. The highest BCUT2D eigenvalue weighted by molar-refractivity contribution is 5.86. The number of allylic oxidation sites excluding steroid dienone is 1. The van der Waals surface area contributed by atoms with E-state index in [1.807, 2.05) is 6.08 Å². The van der Waals surface area contributed by atoms with Crippen LogP contribution in [0.5, 0.6) is 0 Å². The first-order chi connectivity index (χ1) is 22.8. The molecule has 0 aromatic heterocycles. The number of unbranched alkanes of at least 4 members (excludes halogenated alkanes) is 20. The Bertz CT molecular complexity index is 761. The molecule has 8 atom stereocenters. The second-order valence-corrected chi connectivity index (χ2v) is 13.8. The van der Waals surface area contributed by atoms with Gasteiger partial charge in [0.25, 0.3) is 0 Å². The number of ether oxygens (including phenoxy) is 2. The average Bonchev–Trinajstić information content (AvgIpc) is 3.07. The number of ketones is 1. The first-order valence-corrected chi connectivity index (χ1v) is 19.3. The molecule has 6 N–H and O–H groups in total. The van der Waals surface area contributed by atoms with Crippen molar-refractivity contribution in [3.63, 3.8) is 0 Å². The Morgan fingerprint density at radius 2 is 1.15 bits per heavy atom. The molecule has 1 fully saturated rings. The molecule has 278 valence electrons. The first-order valence-electron chi connectivity index (χ1n) is 19.3. The van der Waals surface area contributed by atoms with Gasteiger partial charge in [-0.15, -0.1) is 0 Å². The van der Waals surface area contributed by atoms with E-state index in [1.165, 1.54) is 96.3 Å². The second-order valence-electron chi connectivity index (χ2n) is 13.8. The molecule has 9 nitrogen and oxygen atoms in total. The average molecular weight is 673 g/mol. The van der Waals surface area contributed by atoms with E-state index in [4.69, 9.17) is 9.47 Å². The van der Waals surface area contributed by atoms with Crippen molar-refractivity contribution in [3.8, 4) is 0 Å². The summed E-state index contributed by atoms with van der Waals surface area (Å²) in [6.45, 7) is 3.48. The Kier molecular flexibility index (Phi) is 27.1. The number of carbonyl (C=O) groups excluding carboxylic acids is 1. The molecule has 0 amide bonds. The lowest BCUT2D eigenvalue weighted by atomic mass is 9.91. The van der Waals surface area contributed by atoms with Crippen LogP contribution in [0.2, 0.25) is 0 Å². The summed E-state index contributed by atoms with van der Waals surface area (Å²) < 4.78 is 11.1. The van der Waals surface area contributed by atoms with E-state index in [9.17, 15) is 35.4 Å². The van der Waals surface area contributed by atoms with Crippen LogP contribution < -0.4 is 0 Å². The molecule has 0 radical (unpaired) electrons. The van der Waals surface area contributed by atoms with Gasteiger partial charge in [0, 0.05) is 0 Å². The van der Waals surface area contributed by atoms with Gasteiger partial charge in [0.15, 0.2) is 12.1 Å². The van der Waals surface area contributed by atoms with E-state index >= 15 is 0 Å². The maximum Gasteiger partial charge on any atom is 0.186 e. The summed E-state index contributed by atoms with van der Waals surface area (Å²) in [5, 5.41) is 61.8. The summed E-state index contributed by atoms with van der Waals surface area (Å²) in [5.41, 5.74) is 0. The smallest absolute Gasteiger partial charge is 0.186 e. The summed E-state index contributed by atoms with van der Waals surface area (Å²) in [5.74, 6) is -1.66. The number of hydrogen-bond donors (Lipinski definition) is 6. The van der Waals surface area contributed by atoms with Crippen molar-refractivity contribution in [2.24, 2.45) is 5.92 Å². The van der Waals surface area contributed by atoms with E-state index in [0.717, 1.165) is 38.5 Å². The number of carbonyl (C=O) groups is 1. The molecule has 1 aliphatic heterocycles. The fourth-order valence-electron chi connectivity index (χ4n) is 6.26. The molecule has 1 saturated heterocycles. The predicted octanol–water partition coefficient (Wildman–Crippen LogP) is 6.28. The maximum atomic E-state index is 13.4. The van der Waals surface area contributed by atoms with Crippen LogP contribution in [-0.2, 0) is 14.3 Å². The second kappa shape index (κ2) is 28.9. The third-order valence-corrected chi connectivity index (χ3v) is 9.53. The van der Waals surface area contributed by atoms with Crippen LogP contribution in [0.3, 0.4) is 0 Å².